The first-order valence-corrected chi connectivity index (χ1v) is 11.2. The summed E-state index contributed by atoms with van der Waals surface area (Å²) >= 11 is 0. The molecule has 0 saturated carbocycles. The average molecular weight is 400 g/mol. The first kappa shape index (κ1) is 21.8. The van der Waals surface area contributed by atoms with Gasteiger partial charge in [0.05, 0.1) is 5.75 Å². The maximum Gasteiger partial charge on any atom is 0.223 e. The van der Waals surface area contributed by atoms with Crippen molar-refractivity contribution in [1.82, 2.24) is 14.1 Å². The van der Waals surface area contributed by atoms with Crippen molar-refractivity contribution in [1.29, 1.82) is 0 Å². The van der Waals surface area contributed by atoms with Crippen LogP contribution in [0.15, 0.2) is 24.3 Å². The van der Waals surface area contributed by atoms with Crippen molar-refractivity contribution >= 4 is 15.9 Å². The lowest BCUT2D eigenvalue weighted by molar-refractivity contribution is -0.132. The number of benzene rings is 1. The quantitative estimate of drug-likeness (QED) is 0.633. The SMILES string of the molecule is CCN(CC)CCC(=O)N1CCN(S(=O)(=O)CCc2ccccc2F)CC1. The van der Waals surface area contributed by atoms with Gasteiger partial charge in [0.1, 0.15) is 5.82 Å². The van der Waals surface area contributed by atoms with Crippen LogP contribution in [0.25, 0.3) is 0 Å². The van der Waals surface area contributed by atoms with Crippen LogP contribution in [-0.2, 0) is 21.2 Å². The van der Waals surface area contributed by atoms with Gasteiger partial charge in [-0.25, -0.2) is 12.8 Å². The van der Waals surface area contributed by atoms with Crippen molar-refractivity contribution in [2.45, 2.75) is 26.7 Å². The molecule has 0 spiro atoms. The van der Waals surface area contributed by atoms with Gasteiger partial charge in [0.15, 0.2) is 0 Å². The molecule has 0 N–H and O–H groups in total. The number of halogens is 1. The molecule has 1 aromatic carbocycles. The molecule has 1 heterocycles. The highest BCUT2D eigenvalue weighted by Gasteiger charge is 2.28. The summed E-state index contributed by atoms with van der Waals surface area (Å²) < 4.78 is 40.2. The molecule has 1 fully saturated rings. The van der Waals surface area contributed by atoms with E-state index in [2.05, 4.69) is 18.7 Å². The number of carbonyl (C=O) groups is 1. The largest absolute Gasteiger partial charge is 0.340 e. The highest BCUT2D eigenvalue weighted by Crippen LogP contribution is 2.13. The smallest absolute Gasteiger partial charge is 0.223 e. The van der Waals surface area contributed by atoms with Gasteiger partial charge in [-0.1, -0.05) is 32.0 Å². The Labute approximate surface area is 162 Å². The minimum absolute atomic E-state index is 0.0744. The third-order valence-electron chi connectivity index (χ3n) is 5.11. The number of nitrogens with zero attached hydrogens (tertiary/aromatic N) is 3. The minimum atomic E-state index is -3.46. The molecule has 0 aliphatic carbocycles. The Morgan fingerprint density at radius 3 is 2.33 bits per heavy atom. The fraction of sp³-hybridized carbons (Fsp3) is 0.632. The number of piperazine rings is 1. The van der Waals surface area contributed by atoms with E-state index < -0.39 is 10.0 Å². The summed E-state index contributed by atoms with van der Waals surface area (Å²) in [5.74, 6) is -0.425. The monoisotopic (exact) mass is 399 g/mol. The van der Waals surface area contributed by atoms with Crippen LogP contribution in [0.1, 0.15) is 25.8 Å². The summed E-state index contributed by atoms with van der Waals surface area (Å²) in [6.07, 6.45) is 0.611. The van der Waals surface area contributed by atoms with Crippen molar-refractivity contribution in [3.05, 3.63) is 35.6 Å². The van der Waals surface area contributed by atoms with Crippen molar-refractivity contribution < 1.29 is 17.6 Å². The first-order valence-electron chi connectivity index (χ1n) is 9.58. The second kappa shape index (κ2) is 10.1. The summed E-state index contributed by atoms with van der Waals surface area (Å²) in [6, 6.07) is 6.24. The standard InChI is InChI=1S/C19H30FN3O3S/c1-3-21(4-2)11-9-19(24)22-12-14-23(15-13-22)27(25,26)16-10-17-7-5-6-8-18(17)20/h5-8H,3-4,9-16H2,1-2H3. The molecule has 1 aliphatic rings. The van der Waals surface area contributed by atoms with Crippen LogP contribution in [0.4, 0.5) is 4.39 Å². The van der Waals surface area contributed by atoms with Gasteiger partial charge in [-0.15, -0.1) is 0 Å². The van der Waals surface area contributed by atoms with E-state index in [1.54, 1.807) is 23.1 Å². The molecule has 6 nitrogen and oxygen atoms in total. The van der Waals surface area contributed by atoms with Crippen LogP contribution in [0.3, 0.4) is 0 Å². The third kappa shape index (κ3) is 6.26. The summed E-state index contributed by atoms with van der Waals surface area (Å²) in [7, 11) is -3.46. The normalized spacial score (nSPS) is 16.1. The van der Waals surface area contributed by atoms with Gasteiger partial charge in [0.2, 0.25) is 15.9 Å². The van der Waals surface area contributed by atoms with Crippen LogP contribution in [-0.4, -0.2) is 80.0 Å². The van der Waals surface area contributed by atoms with Gasteiger partial charge in [-0.05, 0) is 31.1 Å². The number of hydrogen-bond acceptors (Lipinski definition) is 4. The molecule has 0 bridgehead atoms. The van der Waals surface area contributed by atoms with Gasteiger partial charge < -0.3 is 9.80 Å². The fourth-order valence-corrected chi connectivity index (χ4v) is 4.69. The topological polar surface area (TPSA) is 60.9 Å². The molecule has 27 heavy (non-hydrogen) atoms. The van der Waals surface area contributed by atoms with Crippen molar-refractivity contribution in [2.24, 2.45) is 0 Å². The van der Waals surface area contributed by atoms with E-state index in [0.717, 1.165) is 19.6 Å². The van der Waals surface area contributed by atoms with E-state index >= 15 is 0 Å². The van der Waals surface area contributed by atoms with Gasteiger partial charge >= 0.3 is 0 Å². The van der Waals surface area contributed by atoms with E-state index in [1.165, 1.54) is 10.4 Å². The van der Waals surface area contributed by atoms with Crippen molar-refractivity contribution in [3.8, 4) is 0 Å². The Morgan fingerprint density at radius 1 is 1.11 bits per heavy atom. The van der Waals surface area contributed by atoms with E-state index in [9.17, 15) is 17.6 Å². The van der Waals surface area contributed by atoms with Crippen LogP contribution in [0.2, 0.25) is 0 Å². The molecule has 1 saturated heterocycles. The van der Waals surface area contributed by atoms with Crippen molar-refractivity contribution in [3.63, 3.8) is 0 Å². The molecule has 1 aliphatic heterocycles. The van der Waals surface area contributed by atoms with E-state index in [4.69, 9.17) is 0 Å². The lowest BCUT2D eigenvalue weighted by Gasteiger charge is -2.34. The number of hydrogen-bond donors (Lipinski definition) is 0. The number of aryl methyl sites for hydroxylation is 1. The average Bonchev–Trinajstić information content (AvgIpc) is 2.68. The molecule has 152 valence electrons. The van der Waals surface area contributed by atoms with E-state index in [0.29, 0.717) is 38.2 Å². The maximum absolute atomic E-state index is 13.7. The molecule has 0 aromatic heterocycles. The third-order valence-corrected chi connectivity index (χ3v) is 6.98. The molecule has 0 unspecified atom stereocenters. The van der Waals surface area contributed by atoms with Crippen LogP contribution in [0.5, 0.6) is 0 Å². The van der Waals surface area contributed by atoms with Gasteiger partial charge in [0.25, 0.3) is 0 Å². The predicted octanol–water partition coefficient (Wildman–Crippen LogP) is 1.57. The number of carbonyl (C=O) groups excluding carboxylic acids is 1. The highest BCUT2D eigenvalue weighted by molar-refractivity contribution is 7.89. The predicted molar refractivity (Wildman–Crippen MR) is 104 cm³/mol. The fourth-order valence-electron chi connectivity index (χ4n) is 3.24. The minimum Gasteiger partial charge on any atom is -0.340 e. The highest BCUT2D eigenvalue weighted by atomic mass is 32.2. The Hall–Kier alpha value is -1.51. The summed E-state index contributed by atoms with van der Waals surface area (Å²) in [5.41, 5.74) is 0.409. The maximum atomic E-state index is 13.7. The van der Waals surface area contributed by atoms with Gasteiger partial charge in [0, 0.05) is 39.1 Å². The van der Waals surface area contributed by atoms with Gasteiger partial charge in [-0.2, -0.15) is 4.31 Å². The van der Waals surface area contributed by atoms with E-state index in [-0.39, 0.29) is 23.9 Å². The lowest BCUT2D eigenvalue weighted by atomic mass is 10.2. The second-order valence-corrected chi connectivity index (χ2v) is 8.80. The Bertz CT molecular complexity index is 715. The molecule has 8 heteroatoms. The lowest BCUT2D eigenvalue weighted by Crippen LogP contribution is -2.51. The molecular formula is C19H30FN3O3S. The van der Waals surface area contributed by atoms with Gasteiger partial charge in [-0.3, -0.25) is 4.79 Å². The van der Waals surface area contributed by atoms with Crippen LogP contribution < -0.4 is 0 Å². The summed E-state index contributed by atoms with van der Waals surface area (Å²) in [5, 5.41) is 0. The number of rotatable bonds is 9. The molecule has 2 rings (SSSR count). The first-order chi connectivity index (χ1) is 12.9. The van der Waals surface area contributed by atoms with Crippen LogP contribution >= 0.6 is 0 Å². The number of amides is 1. The molecule has 0 radical (unpaired) electrons. The van der Waals surface area contributed by atoms with E-state index in [1.807, 2.05) is 0 Å². The molecule has 1 aromatic rings. The van der Waals surface area contributed by atoms with Crippen LogP contribution in [0, 0.1) is 5.82 Å². The summed E-state index contributed by atoms with van der Waals surface area (Å²) in [4.78, 5) is 16.3. The Morgan fingerprint density at radius 2 is 1.74 bits per heavy atom. The zero-order valence-electron chi connectivity index (χ0n) is 16.2. The Balaban J connectivity index is 1.81. The second-order valence-electron chi connectivity index (χ2n) is 6.71. The molecule has 1 amide bonds. The zero-order valence-corrected chi connectivity index (χ0v) is 17.0. The van der Waals surface area contributed by atoms with Crippen molar-refractivity contribution in [2.75, 3.05) is 51.6 Å². The summed E-state index contributed by atoms with van der Waals surface area (Å²) in [6.45, 7) is 8.12. The Kier molecular flexibility index (Phi) is 8.19. The molecular weight excluding hydrogens is 369 g/mol. The zero-order chi connectivity index (χ0) is 19.9. The molecule has 0 atom stereocenters. The number of sulfonamides is 1.